The van der Waals surface area contributed by atoms with E-state index in [1.807, 2.05) is 0 Å². The average Bonchev–Trinajstić information content (AvgIpc) is 3.15. The SMILES string of the molecule is CC1CC(C)CN(c2nnc(SCC(=O)O)n2C2CC2)C1. The summed E-state index contributed by atoms with van der Waals surface area (Å²) in [4.78, 5) is 13.1. The van der Waals surface area contributed by atoms with Crippen LogP contribution >= 0.6 is 11.8 Å². The maximum absolute atomic E-state index is 10.8. The molecule has 0 bridgehead atoms. The minimum absolute atomic E-state index is 0.0393. The van der Waals surface area contributed by atoms with Crippen molar-refractivity contribution >= 4 is 23.7 Å². The molecule has 6 nitrogen and oxygen atoms in total. The topological polar surface area (TPSA) is 71.2 Å². The summed E-state index contributed by atoms with van der Waals surface area (Å²) in [5.41, 5.74) is 0. The summed E-state index contributed by atoms with van der Waals surface area (Å²) in [6, 6.07) is 0.457. The highest BCUT2D eigenvalue weighted by Gasteiger charge is 2.33. The fraction of sp³-hybridized carbons (Fsp3) is 0.786. The molecule has 2 atom stereocenters. The lowest BCUT2D eigenvalue weighted by Gasteiger charge is -2.35. The normalized spacial score (nSPS) is 26.1. The highest BCUT2D eigenvalue weighted by Crippen LogP contribution is 2.41. The molecule has 1 aromatic heterocycles. The van der Waals surface area contributed by atoms with E-state index >= 15 is 0 Å². The van der Waals surface area contributed by atoms with Gasteiger partial charge in [-0.25, -0.2) is 0 Å². The molecule has 1 aliphatic carbocycles. The van der Waals surface area contributed by atoms with E-state index in [9.17, 15) is 4.79 Å². The van der Waals surface area contributed by atoms with Gasteiger partial charge in [0.15, 0.2) is 5.16 Å². The number of hydrogen-bond acceptors (Lipinski definition) is 5. The molecule has 0 aromatic carbocycles. The van der Waals surface area contributed by atoms with E-state index < -0.39 is 5.97 Å². The van der Waals surface area contributed by atoms with Gasteiger partial charge < -0.3 is 10.0 Å². The van der Waals surface area contributed by atoms with Gasteiger partial charge in [-0.2, -0.15) is 0 Å². The Morgan fingerprint density at radius 3 is 2.52 bits per heavy atom. The maximum Gasteiger partial charge on any atom is 0.313 e. The first-order valence-corrected chi connectivity index (χ1v) is 8.57. The van der Waals surface area contributed by atoms with Crippen molar-refractivity contribution in [3.05, 3.63) is 0 Å². The van der Waals surface area contributed by atoms with Crippen LogP contribution in [0.25, 0.3) is 0 Å². The van der Waals surface area contributed by atoms with Crippen LogP contribution in [-0.2, 0) is 4.79 Å². The van der Waals surface area contributed by atoms with E-state index in [0.717, 1.165) is 37.0 Å². The first-order chi connectivity index (χ1) is 10.0. The number of carbonyl (C=O) groups is 1. The molecule has 21 heavy (non-hydrogen) atoms. The number of anilines is 1. The van der Waals surface area contributed by atoms with Gasteiger partial charge in [0.1, 0.15) is 0 Å². The molecule has 1 N–H and O–H groups in total. The minimum Gasteiger partial charge on any atom is -0.481 e. The predicted molar refractivity (Wildman–Crippen MR) is 81.8 cm³/mol. The zero-order chi connectivity index (χ0) is 15.0. The molecule has 2 unspecified atom stereocenters. The highest BCUT2D eigenvalue weighted by molar-refractivity contribution is 7.99. The molecule has 2 fully saturated rings. The number of carboxylic acids is 1. The van der Waals surface area contributed by atoms with Gasteiger partial charge in [0, 0.05) is 19.1 Å². The number of hydrogen-bond donors (Lipinski definition) is 1. The number of piperidine rings is 1. The smallest absolute Gasteiger partial charge is 0.313 e. The second-order valence-electron chi connectivity index (χ2n) is 6.42. The quantitative estimate of drug-likeness (QED) is 0.841. The molecule has 1 saturated heterocycles. The lowest BCUT2D eigenvalue weighted by atomic mass is 9.92. The number of aliphatic carboxylic acids is 1. The number of aromatic nitrogens is 3. The van der Waals surface area contributed by atoms with Crippen LogP contribution in [0.1, 0.15) is 39.2 Å². The van der Waals surface area contributed by atoms with E-state index in [2.05, 4.69) is 33.5 Å². The average molecular weight is 310 g/mol. The lowest BCUT2D eigenvalue weighted by Crippen LogP contribution is -2.40. The first-order valence-electron chi connectivity index (χ1n) is 7.59. The van der Waals surface area contributed by atoms with Crippen molar-refractivity contribution in [3.8, 4) is 0 Å². The van der Waals surface area contributed by atoms with Gasteiger partial charge in [0.25, 0.3) is 0 Å². The molecule has 1 aliphatic heterocycles. The highest BCUT2D eigenvalue weighted by atomic mass is 32.2. The molecule has 0 spiro atoms. The summed E-state index contributed by atoms with van der Waals surface area (Å²) in [5.74, 6) is 1.48. The van der Waals surface area contributed by atoms with Crippen molar-refractivity contribution in [2.24, 2.45) is 11.8 Å². The monoisotopic (exact) mass is 310 g/mol. The van der Waals surface area contributed by atoms with Crippen LogP contribution in [0.3, 0.4) is 0 Å². The fourth-order valence-electron chi connectivity index (χ4n) is 3.19. The standard InChI is InChI=1S/C14H22N4O2S/c1-9-5-10(2)7-17(6-9)13-15-16-14(21-8-12(19)20)18(13)11-3-4-11/h9-11H,3-8H2,1-2H3,(H,19,20). The van der Waals surface area contributed by atoms with Crippen LogP contribution < -0.4 is 4.90 Å². The third kappa shape index (κ3) is 3.33. The Labute approximate surface area is 128 Å². The molecule has 2 heterocycles. The van der Waals surface area contributed by atoms with Crippen molar-refractivity contribution in [3.63, 3.8) is 0 Å². The molecular formula is C14H22N4O2S. The minimum atomic E-state index is -0.813. The summed E-state index contributed by atoms with van der Waals surface area (Å²) in [6.07, 6.45) is 3.55. The van der Waals surface area contributed by atoms with Gasteiger partial charge in [-0.15, -0.1) is 10.2 Å². The number of thioether (sulfide) groups is 1. The molecular weight excluding hydrogens is 288 g/mol. The second kappa shape index (κ2) is 5.87. The molecule has 7 heteroatoms. The van der Waals surface area contributed by atoms with Gasteiger partial charge in [-0.1, -0.05) is 25.6 Å². The van der Waals surface area contributed by atoms with Crippen LogP contribution in [0.5, 0.6) is 0 Å². The van der Waals surface area contributed by atoms with Crippen LogP contribution in [0.2, 0.25) is 0 Å². The molecule has 1 aromatic rings. The molecule has 2 aliphatic rings. The fourth-order valence-corrected chi connectivity index (χ4v) is 3.91. The van der Waals surface area contributed by atoms with Gasteiger partial charge >= 0.3 is 5.97 Å². The Hall–Kier alpha value is -1.24. The summed E-state index contributed by atoms with van der Waals surface area (Å²) in [5, 5.41) is 18.2. The third-order valence-corrected chi connectivity index (χ3v) is 4.96. The molecule has 0 amide bonds. The Kier molecular flexibility index (Phi) is 4.10. The molecule has 0 radical (unpaired) electrons. The van der Waals surface area contributed by atoms with Gasteiger partial charge in [0.2, 0.25) is 5.95 Å². The van der Waals surface area contributed by atoms with E-state index in [0.29, 0.717) is 17.9 Å². The first kappa shape index (κ1) is 14.7. The summed E-state index contributed by atoms with van der Waals surface area (Å²) >= 11 is 1.27. The lowest BCUT2D eigenvalue weighted by molar-refractivity contribution is -0.133. The zero-order valence-electron chi connectivity index (χ0n) is 12.5. The van der Waals surface area contributed by atoms with Crippen molar-refractivity contribution in [1.29, 1.82) is 0 Å². The van der Waals surface area contributed by atoms with Crippen LogP contribution in [0.15, 0.2) is 5.16 Å². The van der Waals surface area contributed by atoms with Crippen LogP contribution in [-0.4, -0.2) is 44.7 Å². The van der Waals surface area contributed by atoms with Crippen molar-refractivity contribution in [2.45, 2.75) is 44.3 Å². The number of carboxylic acid groups (broad SMARTS) is 1. The van der Waals surface area contributed by atoms with E-state index in [-0.39, 0.29) is 5.75 Å². The number of nitrogens with zero attached hydrogens (tertiary/aromatic N) is 4. The van der Waals surface area contributed by atoms with Crippen molar-refractivity contribution in [2.75, 3.05) is 23.7 Å². The summed E-state index contributed by atoms with van der Waals surface area (Å²) in [7, 11) is 0. The van der Waals surface area contributed by atoms with Gasteiger partial charge in [0.05, 0.1) is 5.75 Å². The molecule has 116 valence electrons. The Morgan fingerprint density at radius 1 is 1.29 bits per heavy atom. The largest absolute Gasteiger partial charge is 0.481 e. The number of rotatable bonds is 5. The van der Waals surface area contributed by atoms with E-state index in [1.165, 1.54) is 18.2 Å². The predicted octanol–water partition coefficient (Wildman–Crippen LogP) is 2.27. The van der Waals surface area contributed by atoms with Crippen molar-refractivity contribution in [1.82, 2.24) is 14.8 Å². The van der Waals surface area contributed by atoms with Crippen molar-refractivity contribution < 1.29 is 9.90 Å². The second-order valence-corrected chi connectivity index (χ2v) is 7.36. The van der Waals surface area contributed by atoms with E-state index in [4.69, 9.17) is 5.11 Å². The van der Waals surface area contributed by atoms with Gasteiger partial charge in [-0.3, -0.25) is 9.36 Å². The molecule has 1 saturated carbocycles. The Morgan fingerprint density at radius 2 is 1.95 bits per heavy atom. The Bertz CT molecular complexity index is 519. The maximum atomic E-state index is 10.8. The summed E-state index contributed by atoms with van der Waals surface area (Å²) < 4.78 is 2.17. The Balaban J connectivity index is 1.82. The zero-order valence-corrected chi connectivity index (χ0v) is 13.3. The van der Waals surface area contributed by atoms with Crippen LogP contribution in [0, 0.1) is 11.8 Å². The van der Waals surface area contributed by atoms with Crippen LogP contribution in [0.4, 0.5) is 5.95 Å². The third-order valence-electron chi connectivity index (χ3n) is 4.04. The van der Waals surface area contributed by atoms with E-state index in [1.54, 1.807) is 0 Å². The molecule has 3 rings (SSSR count). The van der Waals surface area contributed by atoms with Gasteiger partial charge in [-0.05, 0) is 31.1 Å². The summed E-state index contributed by atoms with van der Waals surface area (Å²) in [6.45, 7) is 6.58.